The summed E-state index contributed by atoms with van der Waals surface area (Å²) in [5.41, 5.74) is 1.10. The molecule has 4 heteroatoms. The largest absolute Gasteiger partial charge is 0.454 e. The van der Waals surface area contributed by atoms with Crippen LogP contribution in [0.25, 0.3) is 0 Å². The lowest BCUT2D eigenvalue weighted by molar-refractivity contribution is -0.121. The Morgan fingerprint density at radius 1 is 1.33 bits per heavy atom. The van der Waals surface area contributed by atoms with Crippen LogP contribution in [0.2, 0.25) is 0 Å². The highest BCUT2D eigenvalue weighted by Gasteiger charge is 2.13. The number of nitrogens with one attached hydrogen (secondary N) is 1. The second kappa shape index (κ2) is 6.28. The van der Waals surface area contributed by atoms with E-state index in [1.165, 1.54) is 0 Å². The van der Waals surface area contributed by atoms with Crippen molar-refractivity contribution in [2.45, 2.75) is 32.6 Å². The number of amides is 1. The van der Waals surface area contributed by atoms with Gasteiger partial charge in [0.25, 0.3) is 0 Å². The van der Waals surface area contributed by atoms with E-state index in [-0.39, 0.29) is 12.7 Å². The summed E-state index contributed by atoms with van der Waals surface area (Å²) < 4.78 is 10.5. The van der Waals surface area contributed by atoms with E-state index in [0.717, 1.165) is 42.9 Å². The average molecular weight is 249 g/mol. The Kier molecular flexibility index (Phi) is 4.45. The van der Waals surface area contributed by atoms with Crippen LogP contribution in [0.5, 0.6) is 11.5 Å². The molecule has 0 saturated carbocycles. The highest BCUT2D eigenvalue weighted by Crippen LogP contribution is 2.32. The van der Waals surface area contributed by atoms with E-state index in [2.05, 4.69) is 12.2 Å². The minimum Gasteiger partial charge on any atom is -0.454 e. The van der Waals surface area contributed by atoms with Gasteiger partial charge in [0.05, 0.1) is 0 Å². The molecule has 1 aromatic carbocycles. The van der Waals surface area contributed by atoms with Gasteiger partial charge in [0, 0.05) is 13.0 Å². The fourth-order valence-corrected chi connectivity index (χ4v) is 1.85. The highest BCUT2D eigenvalue weighted by molar-refractivity contribution is 5.76. The number of ether oxygens (including phenoxy) is 2. The van der Waals surface area contributed by atoms with Crippen LogP contribution in [0.4, 0.5) is 0 Å². The minimum absolute atomic E-state index is 0.112. The predicted molar refractivity (Wildman–Crippen MR) is 68.8 cm³/mol. The van der Waals surface area contributed by atoms with Crippen molar-refractivity contribution in [1.29, 1.82) is 0 Å². The number of hydrogen-bond acceptors (Lipinski definition) is 3. The van der Waals surface area contributed by atoms with E-state index >= 15 is 0 Å². The van der Waals surface area contributed by atoms with E-state index in [0.29, 0.717) is 6.42 Å². The molecule has 1 aromatic rings. The third-order valence-corrected chi connectivity index (χ3v) is 2.93. The Morgan fingerprint density at radius 3 is 3.00 bits per heavy atom. The van der Waals surface area contributed by atoms with Gasteiger partial charge in [-0.15, -0.1) is 0 Å². The lowest BCUT2D eigenvalue weighted by Crippen LogP contribution is -2.24. The van der Waals surface area contributed by atoms with Crippen molar-refractivity contribution in [3.05, 3.63) is 23.8 Å². The fourth-order valence-electron chi connectivity index (χ4n) is 1.85. The summed E-state index contributed by atoms with van der Waals surface area (Å²) in [6.45, 7) is 3.17. The molecule has 0 aromatic heterocycles. The van der Waals surface area contributed by atoms with E-state index in [4.69, 9.17) is 9.47 Å². The van der Waals surface area contributed by atoms with Gasteiger partial charge >= 0.3 is 0 Å². The van der Waals surface area contributed by atoms with Gasteiger partial charge in [0.1, 0.15) is 0 Å². The van der Waals surface area contributed by atoms with Crippen molar-refractivity contribution in [2.24, 2.45) is 0 Å². The van der Waals surface area contributed by atoms with Crippen LogP contribution >= 0.6 is 0 Å². The number of aryl methyl sites for hydroxylation is 1. The molecular formula is C14H19NO3. The Hall–Kier alpha value is -1.71. The Balaban J connectivity index is 1.78. The highest BCUT2D eigenvalue weighted by atomic mass is 16.7. The van der Waals surface area contributed by atoms with Crippen LogP contribution in [0.3, 0.4) is 0 Å². The molecule has 0 fully saturated rings. The smallest absolute Gasteiger partial charge is 0.231 e. The maximum Gasteiger partial charge on any atom is 0.231 e. The van der Waals surface area contributed by atoms with Gasteiger partial charge in [-0.1, -0.05) is 19.4 Å². The molecule has 1 amide bonds. The summed E-state index contributed by atoms with van der Waals surface area (Å²) in [6, 6.07) is 5.82. The van der Waals surface area contributed by atoms with Crippen LogP contribution in [0, 0.1) is 0 Å². The second-order valence-electron chi connectivity index (χ2n) is 4.39. The van der Waals surface area contributed by atoms with Crippen molar-refractivity contribution in [1.82, 2.24) is 5.32 Å². The molecule has 1 heterocycles. The maximum absolute atomic E-state index is 11.6. The Labute approximate surface area is 107 Å². The zero-order chi connectivity index (χ0) is 12.8. The first-order valence-corrected chi connectivity index (χ1v) is 6.45. The van der Waals surface area contributed by atoms with Gasteiger partial charge in [-0.25, -0.2) is 0 Å². The quantitative estimate of drug-likeness (QED) is 0.787. The first-order chi connectivity index (χ1) is 8.79. The van der Waals surface area contributed by atoms with Crippen LogP contribution in [-0.2, 0) is 11.2 Å². The molecule has 0 saturated heterocycles. The molecule has 98 valence electrons. The SMILES string of the molecule is CCCCNC(=O)CCc1ccc2c(c1)OCO2. The number of benzene rings is 1. The van der Waals surface area contributed by atoms with Gasteiger partial charge in [-0.05, 0) is 30.5 Å². The van der Waals surface area contributed by atoms with Crippen molar-refractivity contribution in [2.75, 3.05) is 13.3 Å². The molecule has 0 spiro atoms. The molecule has 1 aliphatic rings. The van der Waals surface area contributed by atoms with Crippen molar-refractivity contribution < 1.29 is 14.3 Å². The van der Waals surface area contributed by atoms with Gasteiger partial charge in [0.2, 0.25) is 12.7 Å². The van der Waals surface area contributed by atoms with Gasteiger partial charge < -0.3 is 14.8 Å². The first-order valence-electron chi connectivity index (χ1n) is 6.45. The normalized spacial score (nSPS) is 12.5. The third kappa shape index (κ3) is 3.39. The topological polar surface area (TPSA) is 47.6 Å². The van der Waals surface area contributed by atoms with Gasteiger partial charge in [-0.2, -0.15) is 0 Å². The third-order valence-electron chi connectivity index (χ3n) is 2.93. The fraction of sp³-hybridized carbons (Fsp3) is 0.500. The zero-order valence-corrected chi connectivity index (χ0v) is 10.7. The zero-order valence-electron chi connectivity index (χ0n) is 10.7. The summed E-state index contributed by atoms with van der Waals surface area (Å²) >= 11 is 0. The number of fused-ring (bicyclic) bond motifs is 1. The number of carbonyl (C=O) groups excluding carboxylic acids is 1. The maximum atomic E-state index is 11.6. The molecule has 0 aliphatic carbocycles. The van der Waals surface area contributed by atoms with Crippen molar-refractivity contribution in [3.8, 4) is 11.5 Å². The molecule has 0 bridgehead atoms. The summed E-state index contributed by atoms with van der Waals surface area (Å²) in [5.74, 6) is 1.67. The summed E-state index contributed by atoms with van der Waals surface area (Å²) in [4.78, 5) is 11.6. The summed E-state index contributed by atoms with van der Waals surface area (Å²) in [5, 5.41) is 2.91. The number of carbonyl (C=O) groups is 1. The molecule has 0 atom stereocenters. The lowest BCUT2D eigenvalue weighted by atomic mass is 10.1. The summed E-state index contributed by atoms with van der Waals surface area (Å²) in [7, 11) is 0. The number of hydrogen-bond donors (Lipinski definition) is 1. The van der Waals surface area contributed by atoms with E-state index < -0.39 is 0 Å². The molecule has 4 nitrogen and oxygen atoms in total. The Bertz CT molecular complexity index is 418. The second-order valence-corrected chi connectivity index (χ2v) is 4.39. The summed E-state index contributed by atoms with van der Waals surface area (Å²) in [6.07, 6.45) is 3.39. The molecule has 0 unspecified atom stereocenters. The number of rotatable bonds is 6. The first kappa shape index (κ1) is 12.7. The van der Waals surface area contributed by atoms with E-state index in [1.807, 2.05) is 18.2 Å². The van der Waals surface area contributed by atoms with E-state index in [9.17, 15) is 4.79 Å². The molecule has 1 N–H and O–H groups in total. The van der Waals surface area contributed by atoms with E-state index in [1.54, 1.807) is 0 Å². The molecule has 2 rings (SSSR count). The van der Waals surface area contributed by atoms with Crippen LogP contribution in [0.15, 0.2) is 18.2 Å². The van der Waals surface area contributed by atoms with Crippen molar-refractivity contribution in [3.63, 3.8) is 0 Å². The van der Waals surface area contributed by atoms with Crippen LogP contribution < -0.4 is 14.8 Å². The molecule has 0 radical (unpaired) electrons. The standard InChI is InChI=1S/C14H19NO3/c1-2-3-8-15-14(16)7-5-11-4-6-12-13(9-11)18-10-17-12/h4,6,9H,2-3,5,7-8,10H2,1H3,(H,15,16). The average Bonchev–Trinajstić information content (AvgIpc) is 2.84. The predicted octanol–water partition coefficient (Wildman–Crippen LogP) is 2.26. The van der Waals surface area contributed by atoms with Crippen LogP contribution in [0.1, 0.15) is 31.7 Å². The molecule has 1 aliphatic heterocycles. The lowest BCUT2D eigenvalue weighted by Gasteiger charge is -2.05. The van der Waals surface area contributed by atoms with Crippen molar-refractivity contribution >= 4 is 5.91 Å². The molecular weight excluding hydrogens is 230 g/mol. The monoisotopic (exact) mass is 249 g/mol. The number of unbranched alkanes of at least 4 members (excludes halogenated alkanes) is 1. The Morgan fingerprint density at radius 2 is 2.17 bits per heavy atom. The van der Waals surface area contributed by atoms with Crippen LogP contribution in [-0.4, -0.2) is 19.2 Å². The molecule has 18 heavy (non-hydrogen) atoms. The van der Waals surface area contributed by atoms with Gasteiger partial charge in [0.15, 0.2) is 11.5 Å². The minimum atomic E-state index is 0.112. The van der Waals surface area contributed by atoms with Gasteiger partial charge in [-0.3, -0.25) is 4.79 Å².